The van der Waals surface area contributed by atoms with Gasteiger partial charge in [0.25, 0.3) is 0 Å². The number of hydrogen-bond donors (Lipinski definition) is 4. The van der Waals surface area contributed by atoms with E-state index < -0.39 is 53.4 Å². The summed E-state index contributed by atoms with van der Waals surface area (Å²) in [5, 5.41) is 17.2. The monoisotopic (exact) mass is 633 g/mol. The van der Waals surface area contributed by atoms with Gasteiger partial charge in [-0.05, 0) is 44.9 Å². The lowest BCUT2D eigenvalue weighted by molar-refractivity contribution is -0.125. The SMILES string of the molecule is CCC(Cc1ccccc1)(NC[C@@](C)(O)CS(=O)(=O)c1ccc2c(c1)OCO2)NC(=O)[C@H](N)C(C)(C)S(C)(=O)=O.Cl. The van der Waals surface area contributed by atoms with Crippen molar-refractivity contribution in [2.24, 2.45) is 5.73 Å². The van der Waals surface area contributed by atoms with Gasteiger partial charge in [0.2, 0.25) is 12.7 Å². The molecule has 41 heavy (non-hydrogen) atoms. The van der Waals surface area contributed by atoms with Crippen LogP contribution in [0.5, 0.6) is 11.5 Å². The predicted molar refractivity (Wildman–Crippen MR) is 159 cm³/mol. The zero-order valence-electron chi connectivity index (χ0n) is 23.8. The summed E-state index contributed by atoms with van der Waals surface area (Å²) in [5.41, 5.74) is 4.04. The summed E-state index contributed by atoms with van der Waals surface area (Å²) in [7, 11) is -7.63. The topological polar surface area (TPSA) is 174 Å². The van der Waals surface area contributed by atoms with Crippen molar-refractivity contribution < 1.29 is 36.2 Å². The van der Waals surface area contributed by atoms with Crippen molar-refractivity contribution in [3.8, 4) is 11.5 Å². The number of fused-ring (bicyclic) bond motifs is 1. The van der Waals surface area contributed by atoms with Crippen LogP contribution in [0.2, 0.25) is 0 Å². The van der Waals surface area contributed by atoms with Crippen LogP contribution in [0, 0.1) is 0 Å². The van der Waals surface area contributed by atoms with Crippen molar-refractivity contribution in [2.75, 3.05) is 25.3 Å². The fraction of sp³-hybridized carbons (Fsp3) is 0.519. The van der Waals surface area contributed by atoms with Crippen molar-refractivity contribution >= 4 is 38.0 Å². The van der Waals surface area contributed by atoms with Gasteiger partial charge in [0.05, 0.1) is 26.7 Å². The second kappa shape index (κ2) is 12.8. The van der Waals surface area contributed by atoms with Gasteiger partial charge in [0.1, 0.15) is 6.04 Å². The minimum absolute atomic E-state index is 0. The van der Waals surface area contributed by atoms with Crippen LogP contribution in [0.1, 0.15) is 39.7 Å². The summed E-state index contributed by atoms with van der Waals surface area (Å²) in [6.45, 7) is 5.74. The number of amides is 1. The molecule has 1 aliphatic rings. The van der Waals surface area contributed by atoms with Crippen molar-refractivity contribution in [3.05, 3.63) is 54.1 Å². The molecule has 1 aliphatic heterocycles. The normalized spacial score (nSPS) is 17.0. The highest BCUT2D eigenvalue weighted by atomic mass is 35.5. The Morgan fingerprint density at radius 3 is 2.24 bits per heavy atom. The molecule has 0 spiro atoms. The van der Waals surface area contributed by atoms with E-state index in [4.69, 9.17) is 15.2 Å². The van der Waals surface area contributed by atoms with Crippen LogP contribution < -0.4 is 25.8 Å². The number of aliphatic hydroxyl groups is 1. The minimum Gasteiger partial charge on any atom is -0.454 e. The molecule has 230 valence electrons. The maximum absolute atomic E-state index is 13.3. The van der Waals surface area contributed by atoms with Gasteiger partial charge < -0.3 is 25.6 Å². The van der Waals surface area contributed by atoms with Crippen LogP contribution in [0.15, 0.2) is 53.4 Å². The summed E-state index contributed by atoms with van der Waals surface area (Å²) >= 11 is 0. The number of nitrogens with one attached hydrogen (secondary N) is 2. The number of benzene rings is 2. The van der Waals surface area contributed by atoms with Crippen LogP contribution in [0.3, 0.4) is 0 Å². The Balaban J connectivity index is 0.00000588. The molecule has 0 aliphatic carbocycles. The molecular formula is C27H40ClN3O8S2. The summed E-state index contributed by atoms with van der Waals surface area (Å²) in [6, 6.07) is 12.1. The van der Waals surface area contributed by atoms with Crippen molar-refractivity contribution in [1.29, 1.82) is 0 Å². The number of rotatable bonds is 13. The second-order valence-corrected chi connectivity index (χ2v) is 15.7. The van der Waals surface area contributed by atoms with Crippen molar-refractivity contribution in [1.82, 2.24) is 10.6 Å². The van der Waals surface area contributed by atoms with E-state index in [1.807, 2.05) is 37.3 Å². The Kier molecular flexibility index (Phi) is 10.9. The first-order valence-corrected chi connectivity index (χ1v) is 16.4. The third kappa shape index (κ3) is 8.33. The fourth-order valence-corrected chi connectivity index (χ4v) is 6.48. The molecule has 3 rings (SSSR count). The van der Waals surface area contributed by atoms with E-state index in [0.29, 0.717) is 17.9 Å². The maximum Gasteiger partial charge on any atom is 0.239 e. The Bertz CT molecular complexity index is 1430. The fourth-order valence-electron chi connectivity index (χ4n) is 4.27. The zero-order chi connectivity index (χ0) is 30.0. The molecule has 1 unspecified atom stereocenters. The van der Waals surface area contributed by atoms with E-state index in [1.165, 1.54) is 39.0 Å². The summed E-state index contributed by atoms with van der Waals surface area (Å²) in [5.74, 6) is -0.572. The van der Waals surface area contributed by atoms with E-state index in [0.717, 1.165) is 11.8 Å². The van der Waals surface area contributed by atoms with Gasteiger partial charge in [-0.2, -0.15) is 0 Å². The van der Waals surface area contributed by atoms with Gasteiger partial charge in [0.15, 0.2) is 31.2 Å². The lowest BCUT2D eigenvalue weighted by atomic mass is 9.94. The molecule has 3 atom stereocenters. The number of ether oxygens (including phenoxy) is 2. The molecule has 0 fully saturated rings. The average molecular weight is 634 g/mol. The summed E-state index contributed by atoms with van der Waals surface area (Å²) in [4.78, 5) is 13.3. The third-order valence-electron chi connectivity index (χ3n) is 7.31. The van der Waals surface area contributed by atoms with Gasteiger partial charge in [-0.1, -0.05) is 37.3 Å². The van der Waals surface area contributed by atoms with Gasteiger partial charge >= 0.3 is 0 Å². The molecule has 1 heterocycles. The Morgan fingerprint density at radius 1 is 1.05 bits per heavy atom. The zero-order valence-corrected chi connectivity index (χ0v) is 26.3. The average Bonchev–Trinajstić information content (AvgIpc) is 3.34. The lowest BCUT2D eigenvalue weighted by Crippen LogP contribution is -2.67. The van der Waals surface area contributed by atoms with Gasteiger partial charge in [-0.15, -0.1) is 12.4 Å². The molecule has 0 saturated carbocycles. The van der Waals surface area contributed by atoms with Gasteiger partial charge in [-0.3, -0.25) is 10.1 Å². The first kappa shape index (κ1) is 34.8. The van der Waals surface area contributed by atoms with Crippen LogP contribution in [0.25, 0.3) is 0 Å². The molecule has 2 aromatic rings. The molecule has 2 aromatic carbocycles. The number of halogens is 1. The van der Waals surface area contributed by atoms with Crippen LogP contribution in [0.4, 0.5) is 0 Å². The standard InChI is InChI=1S/C27H39N3O8S2.ClH/c1-6-27(15-19-10-8-7-9-11-19,30-24(31)23(28)25(2,3)39(5,33)34)29-16-26(4,32)17-40(35,36)20-12-13-21-22(14-20)38-18-37-21;/h7-14,23,29,32H,6,15-18,28H2,1-5H3,(H,30,31);1H/t23-,26+,27?;/m0./s1. The van der Waals surface area contributed by atoms with Crippen molar-refractivity contribution in [2.45, 2.75) is 67.5 Å². The lowest BCUT2D eigenvalue weighted by Gasteiger charge is -2.40. The van der Waals surface area contributed by atoms with Crippen LogP contribution in [-0.2, 0) is 30.9 Å². The quantitative estimate of drug-likeness (QED) is 0.237. The smallest absolute Gasteiger partial charge is 0.239 e. The molecule has 0 saturated heterocycles. The van der Waals surface area contributed by atoms with E-state index >= 15 is 0 Å². The van der Waals surface area contributed by atoms with Crippen molar-refractivity contribution in [3.63, 3.8) is 0 Å². The molecule has 0 radical (unpaired) electrons. The van der Waals surface area contributed by atoms with Gasteiger partial charge in [0, 0.05) is 25.3 Å². The van der Waals surface area contributed by atoms with E-state index in [1.54, 1.807) is 0 Å². The molecular weight excluding hydrogens is 594 g/mol. The molecule has 11 nitrogen and oxygen atoms in total. The molecule has 1 amide bonds. The van der Waals surface area contributed by atoms with E-state index in [2.05, 4.69) is 10.6 Å². The summed E-state index contributed by atoms with van der Waals surface area (Å²) in [6.07, 6.45) is 1.59. The number of carbonyl (C=O) groups is 1. The van der Waals surface area contributed by atoms with E-state index in [9.17, 15) is 26.7 Å². The molecule has 5 N–H and O–H groups in total. The first-order valence-electron chi connectivity index (χ1n) is 12.8. The maximum atomic E-state index is 13.3. The molecule has 0 bridgehead atoms. The molecule has 0 aromatic heterocycles. The Hall–Kier alpha value is -2.42. The third-order valence-corrected chi connectivity index (χ3v) is 11.5. The second-order valence-electron chi connectivity index (χ2n) is 11.1. The first-order chi connectivity index (χ1) is 18.4. The predicted octanol–water partition coefficient (Wildman–Crippen LogP) is 1.57. The number of carbonyl (C=O) groups excluding carboxylic acids is 1. The highest BCUT2D eigenvalue weighted by Gasteiger charge is 2.44. The highest BCUT2D eigenvalue weighted by Crippen LogP contribution is 2.34. The van der Waals surface area contributed by atoms with Crippen LogP contribution in [-0.4, -0.2) is 75.2 Å². The largest absolute Gasteiger partial charge is 0.454 e. The van der Waals surface area contributed by atoms with E-state index in [-0.39, 0.29) is 37.1 Å². The van der Waals surface area contributed by atoms with Gasteiger partial charge in [-0.25, -0.2) is 16.8 Å². The highest BCUT2D eigenvalue weighted by molar-refractivity contribution is 7.92. The number of hydrogen-bond acceptors (Lipinski definition) is 10. The Morgan fingerprint density at radius 2 is 1.66 bits per heavy atom. The summed E-state index contributed by atoms with van der Waals surface area (Å²) < 4.78 is 60.0. The number of sulfone groups is 2. The molecule has 14 heteroatoms. The van der Waals surface area contributed by atoms with Crippen LogP contribution >= 0.6 is 12.4 Å². The minimum atomic E-state index is -3.94. The Labute approximate surface area is 248 Å². The number of nitrogens with two attached hydrogens (primary N) is 1.